The maximum atomic E-state index is 12.3. The summed E-state index contributed by atoms with van der Waals surface area (Å²) in [5, 5.41) is 15.7. The van der Waals surface area contributed by atoms with Crippen molar-refractivity contribution in [1.82, 2.24) is 15.5 Å². The van der Waals surface area contributed by atoms with Gasteiger partial charge in [0.15, 0.2) is 0 Å². The predicted octanol–water partition coefficient (Wildman–Crippen LogP) is 2.45. The number of benzene rings is 1. The van der Waals surface area contributed by atoms with E-state index in [1.807, 2.05) is 12.1 Å². The van der Waals surface area contributed by atoms with Gasteiger partial charge in [0.2, 0.25) is 5.91 Å². The van der Waals surface area contributed by atoms with Gasteiger partial charge in [0.05, 0.1) is 12.6 Å². The molecule has 1 heterocycles. The van der Waals surface area contributed by atoms with Crippen LogP contribution in [0.4, 0.5) is 4.79 Å². The Kier molecular flexibility index (Phi) is 8.29. The van der Waals surface area contributed by atoms with Gasteiger partial charge in [-0.25, -0.2) is 4.79 Å². The molecule has 0 unspecified atom stereocenters. The molecule has 0 radical (unpaired) electrons. The van der Waals surface area contributed by atoms with E-state index in [0.717, 1.165) is 5.56 Å². The lowest BCUT2D eigenvalue weighted by Gasteiger charge is -2.24. The Balaban J connectivity index is 1.71. The highest BCUT2D eigenvalue weighted by Gasteiger charge is 2.36. The standard InChI is InChI=1S/C24H37N3O5/c1-23(2,3)18-9-7-16(8-10-18)21(30)25-12-11-20(29)26-13-17-14-27(15-19(17)28)22(31)32-24(4,5)6/h7-10,17,19,28H,11-15H2,1-6H3,(H,25,30)(H,26,29)/t17-,19+/m1/s1. The number of likely N-dealkylation sites (tertiary alicyclic amines) is 1. The van der Waals surface area contributed by atoms with Crippen molar-refractivity contribution in [1.29, 1.82) is 0 Å². The third kappa shape index (κ3) is 7.82. The van der Waals surface area contributed by atoms with Crippen LogP contribution in [0.2, 0.25) is 0 Å². The van der Waals surface area contributed by atoms with E-state index in [1.54, 1.807) is 32.9 Å². The molecule has 8 heteroatoms. The zero-order chi connectivity index (χ0) is 24.1. The van der Waals surface area contributed by atoms with Crippen molar-refractivity contribution in [3.63, 3.8) is 0 Å². The molecule has 1 aromatic rings. The highest BCUT2D eigenvalue weighted by molar-refractivity contribution is 5.94. The van der Waals surface area contributed by atoms with Gasteiger partial charge in [-0.1, -0.05) is 32.9 Å². The molecule has 32 heavy (non-hydrogen) atoms. The molecule has 2 atom stereocenters. The summed E-state index contributed by atoms with van der Waals surface area (Å²) in [5.74, 6) is -0.712. The molecule has 178 valence electrons. The van der Waals surface area contributed by atoms with Gasteiger partial charge in [-0.3, -0.25) is 9.59 Å². The van der Waals surface area contributed by atoms with Gasteiger partial charge in [-0.2, -0.15) is 0 Å². The number of aliphatic hydroxyl groups is 1. The van der Waals surface area contributed by atoms with E-state index >= 15 is 0 Å². The van der Waals surface area contributed by atoms with Crippen molar-refractivity contribution < 1.29 is 24.2 Å². The molecule has 0 bridgehead atoms. The molecule has 2 rings (SSSR count). The van der Waals surface area contributed by atoms with E-state index in [0.29, 0.717) is 12.1 Å². The Bertz CT molecular complexity index is 808. The SMILES string of the molecule is CC(C)(C)OC(=O)N1C[C@@H](CNC(=O)CCNC(=O)c2ccc(C(C)(C)C)cc2)[C@@H](O)C1. The molecule has 0 aliphatic carbocycles. The van der Waals surface area contributed by atoms with Crippen molar-refractivity contribution >= 4 is 17.9 Å². The number of β-amino-alcohol motifs (C(OH)–C–C–N with tert-alkyl or cyclic N) is 1. The van der Waals surface area contributed by atoms with Gasteiger partial charge < -0.3 is 25.4 Å². The molecule has 1 aromatic carbocycles. The third-order valence-corrected chi connectivity index (χ3v) is 5.27. The molecule has 0 saturated carbocycles. The maximum Gasteiger partial charge on any atom is 0.410 e. The molecule has 1 aliphatic rings. The van der Waals surface area contributed by atoms with Crippen molar-refractivity contribution in [2.75, 3.05) is 26.2 Å². The van der Waals surface area contributed by atoms with Crippen LogP contribution in [-0.4, -0.2) is 65.8 Å². The fourth-order valence-corrected chi connectivity index (χ4v) is 3.38. The number of nitrogens with zero attached hydrogens (tertiary/aromatic N) is 1. The second-order valence-corrected chi connectivity index (χ2v) is 10.4. The van der Waals surface area contributed by atoms with E-state index in [9.17, 15) is 19.5 Å². The first-order chi connectivity index (χ1) is 14.8. The van der Waals surface area contributed by atoms with E-state index in [-0.39, 0.29) is 49.2 Å². The maximum absolute atomic E-state index is 12.3. The summed E-state index contributed by atoms with van der Waals surface area (Å²) < 4.78 is 5.33. The van der Waals surface area contributed by atoms with Crippen LogP contribution in [0.1, 0.15) is 63.9 Å². The van der Waals surface area contributed by atoms with Crippen LogP contribution in [0.25, 0.3) is 0 Å². The molecule has 0 spiro atoms. The second-order valence-electron chi connectivity index (χ2n) is 10.4. The number of rotatable bonds is 6. The zero-order valence-corrected chi connectivity index (χ0v) is 20.0. The lowest BCUT2D eigenvalue weighted by molar-refractivity contribution is -0.121. The Hall–Kier alpha value is -2.61. The molecule has 1 fully saturated rings. The molecule has 0 aromatic heterocycles. The summed E-state index contributed by atoms with van der Waals surface area (Å²) in [6, 6.07) is 7.45. The highest BCUT2D eigenvalue weighted by atomic mass is 16.6. The number of carbonyl (C=O) groups excluding carboxylic acids is 3. The van der Waals surface area contributed by atoms with Crippen LogP contribution < -0.4 is 10.6 Å². The average molecular weight is 448 g/mol. The third-order valence-electron chi connectivity index (χ3n) is 5.27. The Morgan fingerprint density at radius 3 is 2.22 bits per heavy atom. The van der Waals surface area contributed by atoms with Gasteiger partial charge in [-0.15, -0.1) is 0 Å². The molecular formula is C24H37N3O5. The number of ether oxygens (including phenoxy) is 1. The number of aliphatic hydroxyl groups excluding tert-OH is 1. The summed E-state index contributed by atoms with van der Waals surface area (Å²) in [6.07, 6.45) is -1.06. The quantitative estimate of drug-likeness (QED) is 0.621. The van der Waals surface area contributed by atoms with E-state index in [4.69, 9.17) is 4.74 Å². The predicted molar refractivity (Wildman–Crippen MR) is 122 cm³/mol. The summed E-state index contributed by atoms with van der Waals surface area (Å²) in [7, 11) is 0. The average Bonchev–Trinajstić information content (AvgIpc) is 3.05. The molecular weight excluding hydrogens is 410 g/mol. The zero-order valence-electron chi connectivity index (χ0n) is 20.0. The van der Waals surface area contributed by atoms with Gasteiger partial charge >= 0.3 is 6.09 Å². The van der Waals surface area contributed by atoms with Crippen LogP contribution in [-0.2, 0) is 14.9 Å². The first-order valence-corrected chi connectivity index (χ1v) is 11.1. The van der Waals surface area contributed by atoms with Crippen LogP contribution in [0, 0.1) is 5.92 Å². The van der Waals surface area contributed by atoms with Gasteiger partial charge in [-0.05, 0) is 43.9 Å². The normalized spacial score (nSPS) is 18.9. The minimum Gasteiger partial charge on any atom is -0.444 e. The van der Waals surface area contributed by atoms with Crippen LogP contribution in [0.3, 0.4) is 0 Å². The van der Waals surface area contributed by atoms with Gasteiger partial charge in [0.1, 0.15) is 5.60 Å². The number of amides is 3. The second kappa shape index (κ2) is 10.3. The summed E-state index contributed by atoms with van der Waals surface area (Å²) in [5.41, 5.74) is 1.11. The number of nitrogens with one attached hydrogen (secondary N) is 2. The summed E-state index contributed by atoms with van der Waals surface area (Å²) in [6.45, 7) is 12.7. The van der Waals surface area contributed by atoms with Crippen molar-refractivity contribution in [2.24, 2.45) is 5.92 Å². The largest absolute Gasteiger partial charge is 0.444 e. The molecule has 1 aliphatic heterocycles. The first kappa shape index (κ1) is 25.6. The Morgan fingerprint density at radius 1 is 1.03 bits per heavy atom. The lowest BCUT2D eigenvalue weighted by atomic mass is 9.87. The highest BCUT2D eigenvalue weighted by Crippen LogP contribution is 2.22. The van der Waals surface area contributed by atoms with E-state index in [1.165, 1.54) is 4.90 Å². The summed E-state index contributed by atoms with van der Waals surface area (Å²) in [4.78, 5) is 38.0. The molecule has 8 nitrogen and oxygen atoms in total. The minimum absolute atomic E-state index is 0.0178. The van der Waals surface area contributed by atoms with Crippen molar-refractivity contribution in [3.8, 4) is 0 Å². The molecule has 3 N–H and O–H groups in total. The van der Waals surface area contributed by atoms with E-state index in [2.05, 4.69) is 31.4 Å². The number of hydrogen-bond donors (Lipinski definition) is 3. The van der Waals surface area contributed by atoms with Gasteiger partial charge in [0.25, 0.3) is 5.91 Å². The Morgan fingerprint density at radius 2 is 1.66 bits per heavy atom. The molecule has 1 saturated heterocycles. The lowest BCUT2D eigenvalue weighted by Crippen LogP contribution is -2.37. The fraction of sp³-hybridized carbons (Fsp3) is 0.625. The molecule has 3 amide bonds. The first-order valence-electron chi connectivity index (χ1n) is 11.1. The van der Waals surface area contributed by atoms with Gasteiger partial charge in [0, 0.05) is 37.5 Å². The number of carbonyl (C=O) groups is 3. The van der Waals surface area contributed by atoms with Crippen LogP contribution >= 0.6 is 0 Å². The topological polar surface area (TPSA) is 108 Å². The van der Waals surface area contributed by atoms with Crippen LogP contribution in [0.5, 0.6) is 0 Å². The summed E-state index contributed by atoms with van der Waals surface area (Å²) >= 11 is 0. The minimum atomic E-state index is -0.724. The van der Waals surface area contributed by atoms with Crippen LogP contribution in [0.15, 0.2) is 24.3 Å². The monoisotopic (exact) mass is 447 g/mol. The van der Waals surface area contributed by atoms with Crippen molar-refractivity contribution in [2.45, 2.75) is 65.1 Å². The van der Waals surface area contributed by atoms with E-state index < -0.39 is 17.8 Å². The fourth-order valence-electron chi connectivity index (χ4n) is 3.38. The number of hydrogen-bond acceptors (Lipinski definition) is 5. The Labute approximate surface area is 190 Å². The smallest absolute Gasteiger partial charge is 0.410 e. The van der Waals surface area contributed by atoms with Crippen molar-refractivity contribution in [3.05, 3.63) is 35.4 Å².